The predicted octanol–water partition coefficient (Wildman–Crippen LogP) is 4.03. The number of ketones is 1. The Balaban J connectivity index is 1.72. The lowest BCUT2D eigenvalue weighted by Crippen LogP contribution is -2.14. The van der Waals surface area contributed by atoms with Crippen molar-refractivity contribution in [2.75, 3.05) is 11.5 Å². The molecule has 1 aliphatic heterocycles. The van der Waals surface area contributed by atoms with E-state index < -0.39 is 0 Å². The molecule has 1 fully saturated rings. The molecule has 0 spiro atoms. The van der Waals surface area contributed by atoms with Crippen LogP contribution in [-0.2, 0) is 11.2 Å². The molecule has 0 radical (unpaired) electrons. The van der Waals surface area contributed by atoms with Crippen LogP contribution in [0.15, 0.2) is 24.3 Å². The van der Waals surface area contributed by atoms with Gasteiger partial charge in [-0.3, -0.25) is 4.79 Å². The number of rotatable bonds is 5. The van der Waals surface area contributed by atoms with Gasteiger partial charge >= 0.3 is 0 Å². The molecular formula is C16H22OS. The number of hydrogen-bond acceptors (Lipinski definition) is 2. The van der Waals surface area contributed by atoms with E-state index in [4.69, 9.17) is 0 Å². The molecule has 0 amide bonds. The molecule has 0 bridgehead atoms. The Hall–Kier alpha value is -0.760. The van der Waals surface area contributed by atoms with Crippen molar-refractivity contribution in [3.8, 4) is 0 Å². The fraction of sp³-hybridized carbons (Fsp3) is 0.562. The number of Topliss-reactive ketones (excluding diaryl/α,β-unsaturated/α-hetero) is 1. The van der Waals surface area contributed by atoms with Gasteiger partial charge in [-0.05, 0) is 49.2 Å². The number of aryl methyl sites for hydroxylation is 2. The molecule has 0 aliphatic carbocycles. The van der Waals surface area contributed by atoms with E-state index >= 15 is 0 Å². The summed E-state index contributed by atoms with van der Waals surface area (Å²) in [7, 11) is 0. The van der Waals surface area contributed by atoms with E-state index in [0.29, 0.717) is 18.1 Å². The lowest BCUT2D eigenvalue weighted by molar-refractivity contribution is -0.120. The van der Waals surface area contributed by atoms with E-state index in [1.807, 2.05) is 11.8 Å². The molecule has 0 saturated carbocycles. The Morgan fingerprint density at radius 2 is 1.89 bits per heavy atom. The maximum atomic E-state index is 11.9. The first-order valence-electron chi connectivity index (χ1n) is 6.89. The SMILES string of the molecule is Cc1ccc(CCC(=O)CC2CCSCC2)cc1. The first-order valence-corrected chi connectivity index (χ1v) is 8.04. The second-order valence-electron chi connectivity index (χ2n) is 5.28. The van der Waals surface area contributed by atoms with Crippen molar-refractivity contribution < 1.29 is 4.79 Å². The molecule has 18 heavy (non-hydrogen) atoms. The molecule has 1 aromatic carbocycles. The van der Waals surface area contributed by atoms with Gasteiger partial charge in [0.2, 0.25) is 0 Å². The highest BCUT2D eigenvalue weighted by Crippen LogP contribution is 2.25. The normalized spacial score (nSPS) is 16.7. The Morgan fingerprint density at radius 3 is 2.56 bits per heavy atom. The highest BCUT2D eigenvalue weighted by atomic mass is 32.2. The van der Waals surface area contributed by atoms with E-state index in [-0.39, 0.29) is 0 Å². The van der Waals surface area contributed by atoms with E-state index in [1.165, 1.54) is 35.5 Å². The molecule has 1 heterocycles. The van der Waals surface area contributed by atoms with E-state index in [0.717, 1.165) is 12.8 Å². The molecule has 0 N–H and O–H groups in total. The summed E-state index contributed by atoms with van der Waals surface area (Å²) >= 11 is 2.03. The molecule has 1 nitrogen and oxygen atoms in total. The molecule has 2 rings (SSSR count). The summed E-state index contributed by atoms with van der Waals surface area (Å²) < 4.78 is 0. The number of benzene rings is 1. The summed E-state index contributed by atoms with van der Waals surface area (Å²) in [6.07, 6.45) is 4.90. The Morgan fingerprint density at radius 1 is 1.22 bits per heavy atom. The Bertz CT molecular complexity index is 377. The van der Waals surface area contributed by atoms with Crippen LogP contribution in [0.25, 0.3) is 0 Å². The summed E-state index contributed by atoms with van der Waals surface area (Å²) in [6, 6.07) is 8.52. The zero-order valence-electron chi connectivity index (χ0n) is 11.2. The van der Waals surface area contributed by atoms with Crippen molar-refractivity contribution in [3.63, 3.8) is 0 Å². The molecule has 1 aliphatic rings. The first kappa shape index (κ1) is 13.7. The minimum Gasteiger partial charge on any atom is -0.300 e. The molecule has 0 unspecified atom stereocenters. The van der Waals surface area contributed by atoms with Gasteiger partial charge in [0.05, 0.1) is 0 Å². The smallest absolute Gasteiger partial charge is 0.133 e. The quantitative estimate of drug-likeness (QED) is 0.797. The van der Waals surface area contributed by atoms with Gasteiger partial charge in [0, 0.05) is 12.8 Å². The van der Waals surface area contributed by atoms with E-state index in [1.54, 1.807) is 0 Å². The summed E-state index contributed by atoms with van der Waals surface area (Å²) in [5, 5.41) is 0. The topological polar surface area (TPSA) is 17.1 Å². The van der Waals surface area contributed by atoms with Crippen molar-refractivity contribution in [2.45, 2.75) is 39.0 Å². The maximum absolute atomic E-state index is 11.9. The van der Waals surface area contributed by atoms with Crippen LogP contribution in [0.5, 0.6) is 0 Å². The number of carbonyl (C=O) groups excluding carboxylic acids is 1. The molecular weight excluding hydrogens is 240 g/mol. The minimum absolute atomic E-state index is 0.451. The second kappa shape index (κ2) is 6.98. The molecule has 2 heteroatoms. The highest BCUT2D eigenvalue weighted by molar-refractivity contribution is 7.99. The lowest BCUT2D eigenvalue weighted by atomic mass is 9.94. The van der Waals surface area contributed by atoms with E-state index in [9.17, 15) is 4.79 Å². The summed E-state index contributed by atoms with van der Waals surface area (Å²) in [5.74, 6) is 3.61. The van der Waals surface area contributed by atoms with Gasteiger partial charge in [0.15, 0.2) is 0 Å². The van der Waals surface area contributed by atoms with Crippen LogP contribution in [-0.4, -0.2) is 17.3 Å². The van der Waals surface area contributed by atoms with Crippen molar-refractivity contribution in [3.05, 3.63) is 35.4 Å². The Labute approximate surface area is 114 Å². The average Bonchev–Trinajstić information content (AvgIpc) is 2.39. The van der Waals surface area contributed by atoms with Crippen LogP contribution in [0, 0.1) is 12.8 Å². The van der Waals surface area contributed by atoms with Crippen molar-refractivity contribution >= 4 is 17.5 Å². The third kappa shape index (κ3) is 4.49. The fourth-order valence-electron chi connectivity index (χ4n) is 2.41. The van der Waals surface area contributed by atoms with Crippen LogP contribution in [0.1, 0.15) is 36.8 Å². The number of thioether (sulfide) groups is 1. The number of carbonyl (C=O) groups is 1. The third-order valence-electron chi connectivity index (χ3n) is 3.67. The van der Waals surface area contributed by atoms with Crippen LogP contribution in [0.2, 0.25) is 0 Å². The Kier molecular flexibility index (Phi) is 5.30. The third-order valence-corrected chi connectivity index (χ3v) is 4.72. The monoisotopic (exact) mass is 262 g/mol. The van der Waals surface area contributed by atoms with Gasteiger partial charge < -0.3 is 0 Å². The van der Waals surface area contributed by atoms with Gasteiger partial charge in [-0.15, -0.1) is 0 Å². The van der Waals surface area contributed by atoms with Crippen molar-refractivity contribution in [1.29, 1.82) is 0 Å². The standard InChI is InChI=1S/C16H22OS/c1-13-2-4-14(5-3-13)6-7-16(17)12-15-8-10-18-11-9-15/h2-5,15H,6-12H2,1H3. The van der Waals surface area contributed by atoms with Gasteiger partial charge in [0.25, 0.3) is 0 Å². The maximum Gasteiger partial charge on any atom is 0.133 e. The minimum atomic E-state index is 0.451. The predicted molar refractivity (Wildman–Crippen MR) is 79.2 cm³/mol. The first-order chi connectivity index (χ1) is 8.74. The van der Waals surface area contributed by atoms with Gasteiger partial charge in [0.1, 0.15) is 5.78 Å². The zero-order chi connectivity index (χ0) is 12.8. The summed E-state index contributed by atoms with van der Waals surface area (Å²) in [5.41, 5.74) is 2.57. The van der Waals surface area contributed by atoms with Crippen molar-refractivity contribution in [2.24, 2.45) is 5.92 Å². The fourth-order valence-corrected chi connectivity index (χ4v) is 3.62. The summed E-state index contributed by atoms with van der Waals surface area (Å²) in [6.45, 7) is 2.09. The lowest BCUT2D eigenvalue weighted by Gasteiger charge is -2.20. The largest absolute Gasteiger partial charge is 0.300 e. The zero-order valence-corrected chi connectivity index (χ0v) is 12.0. The van der Waals surface area contributed by atoms with Gasteiger partial charge in [-0.1, -0.05) is 29.8 Å². The molecule has 1 aromatic rings. The van der Waals surface area contributed by atoms with Gasteiger partial charge in [-0.2, -0.15) is 11.8 Å². The molecule has 1 saturated heterocycles. The highest BCUT2D eigenvalue weighted by Gasteiger charge is 2.16. The summed E-state index contributed by atoms with van der Waals surface area (Å²) in [4.78, 5) is 11.9. The van der Waals surface area contributed by atoms with Crippen LogP contribution in [0.4, 0.5) is 0 Å². The molecule has 0 aromatic heterocycles. The van der Waals surface area contributed by atoms with E-state index in [2.05, 4.69) is 31.2 Å². The van der Waals surface area contributed by atoms with Crippen LogP contribution >= 0.6 is 11.8 Å². The number of hydrogen-bond donors (Lipinski definition) is 0. The molecule has 0 atom stereocenters. The van der Waals surface area contributed by atoms with Gasteiger partial charge in [-0.25, -0.2) is 0 Å². The molecule has 98 valence electrons. The van der Waals surface area contributed by atoms with Crippen LogP contribution in [0.3, 0.4) is 0 Å². The second-order valence-corrected chi connectivity index (χ2v) is 6.51. The average molecular weight is 262 g/mol. The van der Waals surface area contributed by atoms with Crippen molar-refractivity contribution in [1.82, 2.24) is 0 Å². The van der Waals surface area contributed by atoms with Crippen LogP contribution < -0.4 is 0 Å².